The summed E-state index contributed by atoms with van der Waals surface area (Å²) in [5.41, 5.74) is 0.962. The van der Waals surface area contributed by atoms with Crippen molar-refractivity contribution >= 4 is 5.52 Å². The van der Waals surface area contributed by atoms with Crippen molar-refractivity contribution in [3.63, 3.8) is 0 Å². The lowest BCUT2D eigenvalue weighted by atomic mass is 10.1. The van der Waals surface area contributed by atoms with Crippen LogP contribution in [0, 0.1) is 0 Å². The molecular weight excluding hydrogens is 238 g/mol. The standard InChI is InChI=1S/C15H21N3O/c1-11(2)17-6-3-4-12(17)9-15-16-10-13-8-14(19)5-7-18(13)15/h5,7-8,10-12,19H,3-4,6,9H2,1-2H3. The molecule has 1 N–H and O–H groups in total. The fraction of sp³-hybridized carbons (Fsp3) is 0.533. The van der Waals surface area contributed by atoms with Crippen molar-refractivity contribution in [1.29, 1.82) is 0 Å². The molecule has 2 aromatic heterocycles. The summed E-state index contributed by atoms with van der Waals surface area (Å²) in [6, 6.07) is 4.67. The summed E-state index contributed by atoms with van der Waals surface area (Å²) in [4.78, 5) is 7.09. The summed E-state index contributed by atoms with van der Waals surface area (Å²) in [6.45, 7) is 5.73. The van der Waals surface area contributed by atoms with E-state index in [0.717, 1.165) is 17.8 Å². The number of aromatic nitrogens is 2. The van der Waals surface area contributed by atoms with Crippen molar-refractivity contribution in [3.05, 3.63) is 30.4 Å². The number of imidazole rings is 1. The fourth-order valence-electron chi connectivity index (χ4n) is 3.16. The van der Waals surface area contributed by atoms with Crippen LogP contribution in [0.2, 0.25) is 0 Å². The summed E-state index contributed by atoms with van der Waals surface area (Å²) in [5, 5.41) is 9.49. The number of likely N-dealkylation sites (tertiary alicyclic amines) is 1. The van der Waals surface area contributed by atoms with E-state index in [4.69, 9.17) is 0 Å². The number of fused-ring (bicyclic) bond motifs is 1. The predicted octanol–water partition coefficient (Wildman–Crippen LogP) is 2.46. The van der Waals surface area contributed by atoms with E-state index < -0.39 is 0 Å². The predicted molar refractivity (Wildman–Crippen MR) is 75.4 cm³/mol. The topological polar surface area (TPSA) is 40.8 Å². The van der Waals surface area contributed by atoms with Crippen molar-refractivity contribution in [3.8, 4) is 5.75 Å². The average Bonchev–Trinajstić information content (AvgIpc) is 2.97. The van der Waals surface area contributed by atoms with Crippen LogP contribution < -0.4 is 0 Å². The molecule has 1 atom stereocenters. The summed E-state index contributed by atoms with van der Waals surface area (Å²) in [7, 11) is 0. The summed E-state index contributed by atoms with van der Waals surface area (Å²) in [6.07, 6.45) is 7.26. The normalized spacial score (nSPS) is 20.7. The summed E-state index contributed by atoms with van der Waals surface area (Å²) < 4.78 is 2.08. The van der Waals surface area contributed by atoms with E-state index in [0.29, 0.717) is 17.8 Å². The highest BCUT2D eigenvalue weighted by Crippen LogP contribution is 2.24. The van der Waals surface area contributed by atoms with Crippen LogP contribution in [0.4, 0.5) is 0 Å². The Kier molecular flexibility index (Phi) is 3.19. The first-order chi connectivity index (χ1) is 9.15. The van der Waals surface area contributed by atoms with Gasteiger partial charge in [-0.15, -0.1) is 0 Å². The van der Waals surface area contributed by atoms with Gasteiger partial charge in [0.15, 0.2) is 0 Å². The second kappa shape index (κ2) is 4.85. The van der Waals surface area contributed by atoms with E-state index in [9.17, 15) is 5.11 Å². The van der Waals surface area contributed by atoms with Crippen molar-refractivity contribution in [2.45, 2.75) is 45.2 Å². The van der Waals surface area contributed by atoms with Gasteiger partial charge in [-0.25, -0.2) is 4.98 Å². The van der Waals surface area contributed by atoms with Gasteiger partial charge in [0.25, 0.3) is 0 Å². The van der Waals surface area contributed by atoms with Gasteiger partial charge in [0.1, 0.15) is 11.6 Å². The first kappa shape index (κ1) is 12.5. The van der Waals surface area contributed by atoms with Gasteiger partial charge in [-0.1, -0.05) is 0 Å². The molecule has 102 valence electrons. The first-order valence-electron chi connectivity index (χ1n) is 7.06. The maximum Gasteiger partial charge on any atom is 0.119 e. The van der Waals surface area contributed by atoms with Gasteiger partial charge < -0.3 is 9.51 Å². The Balaban J connectivity index is 1.85. The zero-order valence-electron chi connectivity index (χ0n) is 11.6. The first-order valence-corrected chi connectivity index (χ1v) is 7.06. The van der Waals surface area contributed by atoms with Crippen molar-refractivity contribution in [1.82, 2.24) is 14.3 Å². The zero-order valence-corrected chi connectivity index (χ0v) is 11.6. The van der Waals surface area contributed by atoms with Crippen LogP contribution in [-0.4, -0.2) is 38.0 Å². The Labute approximate surface area is 113 Å². The number of pyridine rings is 1. The average molecular weight is 259 g/mol. The molecule has 4 nitrogen and oxygen atoms in total. The van der Waals surface area contributed by atoms with Gasteiger partial charge in [0.2, 0.25) is 0 Å². The van der Waals surface area contributed by atoms with Crippen LogP contribution in [0.15, 0.2) is 24.5 Å². The second-order valence-corrected chi connectivity index (χ2v) is 5.69. The maximum atomic E-state index is 9.49. The van der Waals surface area contributed by atoms with Gasteiger partial charge in [-0.2, -0.15) is 0 Å². The van der Waals surface area contributed by atoms with Crippen LogP contribution in [-0.2, 0) is 6.42 Å². The van der Waals surface area contributed by atoms with Gasteiger partial charge in [0, 0.05) is 30.8 Å². The highest BCUT2D eigenvalue weighted by Gasteiger charge is 2.27. The van der Waals surface area contributed by atoms with Crippen LogP contribution in [0.1, 0.15) is 32.5 Å². The van der Waals surface area contributed by atoms with Crippen LogP contribution >= 0.6 is 0 Å². The molecule has 0 spiro atoms. The number of hydrogen-bond donors (Lipinski definition) is 1. The number of aromatic hydroxyl groups is 1. The third-order valence-electron chi connectivity index (χ3n) is 4.10. The molecule has 2 aromatic rings. The molecule has 3 heterocycles. The second-order valence-electron chi connectivity index (χ2n) is 5.69. The van der Waals surface area contributed by atoms with Crippen LogP contribution in [0.3, 0.4) is 0 Å². The van der Waals surface area contributed by atoms with Gasteiger partial charge >= 0.3 is 0 Å². The highest BCUT2D eigenvalue weighted by atomic mass is 16.3. The number of rotatable bonds is 3. The molecule has 1 aliphatic rings. The fourth-order valence-corrected chi connectivity index (χ4v) is 3.16. The molecular formula is C15H21N3O. The molecule has 19 heavy (non-hydrogen) atoms. The molecule has 0 aliphatic carbocycles. The summed E-state index contributed by atoms with van der Waals surface area (Å²) in [5.74, 6) is 1.39. The van der Waals surface area contributed by atoms with Gasteiger partial charge in [-0.05, 0) is 39.3 Å². The Bertz CT molecular complexity index is 576. The molecule has 1 fully saturated rings. The van der Waals surface area contributed by atoms with Crippen molar-refractivity contribution in [2.24, 2.45) is 0 Å². The third-order valence-corrected chi connectivity index (χ3v) is 4.10. The Morgan fingerprint density at radius 3 is 3.11 bits per heavy atom. The van der Waals surface area contributed by atoms with E-state index in [1.807, 2.05) is 12.4 Å². The lowest BCUT2D eigenvalue weighted by molar-refractivity contribution is 0.201. The van der Waals surface area contributed by atoms with Gasteiger partial charge in [-0.3, -0.25) is 4.90 Å². The quantitative estimate of drug-likeness (QED) is 0.920. The molecule has 0 amide bonds. The monoisotopic (exact) mass is 259 g/mol. The van der Waals surface area contributed by atoms with Crippen LogP contribution in [0.25, 0.3) is 5.52 Å². The van der Waals surface area contributed by atoms with Gasteiger partial charge in [0.05, 0.1) is 11.7 Å². The summed E-state index contributed by atoms with van der Waals surface area (Å²) >= 11 is 0. The molecule has 0 bridgehead atoms. The van der Waals surface area contributed by atoms with Crippen molar-refractivity contribution < 1.29 is 5.11 Å². The number of hydrogen-bond acceptors (Lipinski definition) is 3. The molecule has 1 aliphatic heterocycles. The minimum atomic E-state index is 0.295. The highest BCUT2D eigenvalue weighted by molar-refractivity contribution is 5.50. The van der Waals surface area contributed by atoms with Crippen LogP contribution in [0.5, 0.6) is 5.75 Å². The Morgan fingerprint density at radius 1 is 1.47 bits per heavy atom. The SMILES string of the molecule is CC(C)N1CCCC1Cc1ncc2cc(O)ccn12. The van der Waals surface area contributed by atoms with E-state index >= 15 is 0 Å². The smallest absolute Gasteiger partial charge is 0.119 e. The molecule has 1 unspecified atom stereocenters. The third kappa shape index (κ3) is 2.32. The molecule has 0 radical (unpaired) electrons. The molecule has 4 heteroatoms. The minimum absolute atomic E-state index is 0.295. The largest absolute Gasteiger partial charge is 0.508 e. The lowest BCUT2D eigenvalue weighted by Gasteiger charge is -2.27. The van der Waals surface area contributed by atoms with E-state index in [-0.39, 0.29) is 0 Å². The van der Waals surface area contributed by atoms with E-state index in [2.05, 4.69) is 28.1 Å². The van der Waals surface area contributed by atoms with E-state index in [1.54, 1.807) is 12.1 Å². The molecule has 0 aromatic carbocycles. The Morgan fingerprint density at radius 2 is 2.32 bits per heavy atom. The number of nitrogens with zero attached hydrogens (tertiary/aromatic N) is 3. The lowest BCUT2D eigenvalue weighted by Crippen LogP contribution is -2.37. The maximum absolute atomic E-state index is 9.49. The Hall–Kier alpha value is -1.55. The zero-order chi connectivity index (χ0) is 13.4. The van der Waals surface area contributed by atoms with E-state index in [1.165, 1.54) is 19.4 Å². The minimum Gasteiger partial charge on any atom is -0.508 e. The molecule has 1 saturated heterocycles. The molecule has 3 rings (SSSR count). The molecule has 0 saturated carbocycles. The van der Waals surface area contributed by atoms with Crippen molar-refractivity contribution in [2.75, 3.05) is 6.54 Å².